The van der Waals surface area contributed by atoms with Gasteiger partial charge in [0, 0.05) is 33.9 Å². The van der Waals surface area contributed by atoms with Gasteiger partial charge in [-0.2, -0.15) is 0 Å². The van der Waals surface area contributed by atoms with E-state index in [2.05, 4.69) is 5.32 Å². The van der Waals surface area contributed by atoms with Gasteiger partial charge in [-0.25, -0.2) is 4.79 Å². The number of rotatable bonds is 8. The van der Waals surface area contributed by atoms with E-state index in [4.69, 9.17) is 8.83 Å². The normalized spacial score (nSPS) is 12.1. The van der Waals surface area contributed by atoms with Crippen LogP contribution in [0.3, 0.4) is 0 Å². The summed E-state index contributed by atoms with van der Waals surface area (Å²) in [5.41, 5.74) is 5.20. The Morgan fingerprint density at radius 3 is 2.18 bits per heavy atom. The van der Waals surface area contributed by atoms with Crippen LogP contribution in [-0.2, 0) is 22.4 Å². The number of aliphatic carboxylic acids is 1. The summed E-state index contributed by atoms with van der Waals surface area (Å²) in [6.07, 6.45) is 0.139. The van der Waals surface area contributed by atoms with Crippen molar-refractivity contribution in [2.24, 2.45) is 0 Å². The molecule has 0 spiro atoms. The fraction of sp³-hybridized carbons (Fsp3) is 0.219. The molecule has 198 valence electrons. The van der Waals surface area contributed by atoms with Gasteiger partial charge in [0.05, 0.1) is 12.0 Å². The summed E-state index contributed by atoms with van der Waals surface area (Å²) >= 11 is 0. The Balaban J connectivity index is 1.45. The van der Waals surface area contributed by atoms with Crippen LogP contribution >= 0.6 is 0 Å². The first kappa shape index (κ1) is 26.0. The SMILES string of the molecule is Cc1oc2c(C)c3oc(=O)c(CCC(=O)N[C@@H](Cc4ccccc4)C(=O)[O-])c(C)c3cc2c1-c1ccccc1. The zero-order valence-electron chi connectivity index (χ0n) is 22.0. The molecule has 0 aliphatic carbocycles. The molecule has 2 aromatic heterocycles. The number of carboxylic acids is 1. The predicted octanol–water partition coefficient (Wildman–Crippen LogP) is 4.54. The van der Waals surface area contributed by atoms with E-state index < -0.39 is 23.5 Å². The van der Waals surface area contributed by atoms with Gasteiger partial charge in [-0.1, -0.05) is 60.7 Å². The van der Waals surface area contributed by atoms with Gasteiger partial charge < -0.3 is 24.1 Å². The monoisotopic (exact) mass is 522 g/mol. The van der Waals surface area contributed by atoms with Gasteiger partial charge >= 0.3 is 5.63 Å². The van der Waals surface area contributed by atoms with Crippen LogP contribution in [-0.4, -0.2) is 17.9 Å². The summed E-state index contributed by atoms with van der Waals surface area (Å²) < 4.78 is 11.9. The Morgan fingerprint density at radius 2 is 1.51 bits per heavy atom. The predicted molar refractivity (Wildman–Crippen MR) is 147 cm³/mol. The highest BCUT2D eigenvalue weighted by atomic mass is 16.4. The zero-order valence-corrected chi connectivity index (χ0v) is 22.0. The van der Waals surface area contributed by atoms with Crippen LogP contribution in [0.15, 0.2) is 80.4 Å². The molecule has 0 aliphatic rings. The first-order chi connectivity index (χ1) is 18.7. The van der Waals surface area contributed by atoms with Crippen molar-refractivity contribution in [2.45, 2.75) is 46.1 Å². The third-order valence-corrected chi connectivity index (χ3v) is 7.20. The molecule has 1 amide bonds. The van der Waals surface area contributed by atoms with E-state index in [-0.39, 0.29) is 19.3 Å². The Kier molecular flexibility index (Phi) is 7.07. The highest BCUT2D eigenvalue weighted by Crippen LogP contribution is 2.39. The number of nitrogens with one attached hydrogen (secondary N) is 1. The Bertz CT molecular complexity index is 1750. The van der Waals surface area contributed by atoms with Crippen LogP contribution in [0.4, 0.5) is 0 Å². The van der Waals surface area contributed by atoms with Crippen LogP contribution < -0.4 is 16.0 Å². The molecule has 7 nitrogen and oxygen atoms in total. The summed E-state index contributed by atoms with van der Waals surface area (Å²) in [5, 5.41) is 15.9. The number of benzene rings is 3. The maximum Gasteiger partial charge on any atom is 0.339 e. The second-order valence-corrected chi connectivity index (χ2v) is 9.78. The molecule has 0 unspecified atom stereocenters. The van der Waals surface area contributed by atoms with Crippen LogP contribution in [0.1, 0.15) is 34.4 Å². The van der Waals surface area contributed by atoms with Crippen molar-refractivity contribution in [1.29, 1.82) is 0 Å². The number of fused-ring (bicyclic) bond motifs is 2. The highest BCUT2D eigenvalue weighted by Gasteiger charge is 2.22. The molecule has 3 aromatic carbocycles. The first-order valence-corrected chi connectivity index (χ1v) is 12.8. The van der Waals surface area contributed by atoms with Crippen LogP contribution in [0.5, 0.6) is 0 Å². The molecule has 1 atom stereocenters. The maximum absolute atomic E-state index is 13.0. The molecular formula is C32H28NO6-. The highest BCUT2D eigenvalue weighted by molar-refractivity contribution is 6.05. The van der Waals surface area contributed by atoms with E-state index in [1.54, 1.807) is 24.3 Å². The van der Waals surface area contributed by atoms with E-state index in [9.17, 15) is 19.5 Å². The fourth-order valence-electron chi connectivity index (χ4n) is 5.17. The topological polar surface area (TPSA) is 113 Å². The van der Waals surface area contributed by atoms with Crippen molar-refractivity contribution in [3.8, 4) is 11.1 Å². The lowest BCUT2D eigenvalue weighted by atomic mass is 9.96. The lowest BCUT2D eigenvalue weighted by Gasteiger charge is -2.20. The van der Waals surface area contributed by atoms with Gasteiger partial charge in [0.15, 0.2) is 0 Å². The molecular weight excluding hydrogens is 494 g/mol. The molecule has 5 rings (SSSR count). The molecule has 1 N–H and O–H groups in total. The van der Waals surface area contributed by atoms with Crippen molar-refractivity contribution in [3.05, 3.63) is 105 Å². The smallest absolute Gasteiger partial charge is 0.339 e. The lowest BCUT2D eigenvalue weighted by Crippen LogP contribution is -2.49. The molecule has 0 saturated carbocycles. The van der Waals surface area contributed by atoms with E-state index >= 15 is 0 Å². The molecule has 0 fully saturated rings. The molecule has 0 radical (unpaired) electrons. The van der Waals surface area contributed by atoms with Gasteiger partial charge in [0.2, 0.25) is 5.91 Å². The van der Waals surface area contributed by atoms with Crippen molar-refractivity contribution in [1.82, 2.24) is 5.32 Å². The third-order valence-electron chi connectivity index (χ3n) is 7.20. The largest absolute Gasteiger partial charge is 0.548 e. The summed E-state index contributed by atoms with van der Waals surface area (Å²) in [5.74, 6) is -1.08. The summed E-state index contributed by atoms with van der Waals surface area (Å²) in [4.78, 5) is 37.3. The first-order valence-electron chi connectivity index (χ1n) is 12.8. The number of carboxylic acid groups (broad SMARTS) is 1. The fourth-order valence-corrected chi connectivity index (χ4v) is 5.17. The van der Waals surface area contributed by atoms with Gasteiger partial charge in [-0.3, -0.25) is 4.79 Å². The van der Waals surface area contributed by atoms with Crippen molar-refractivity contribution >= 4 is 33.8 Å². The average molecular weight is 523 g/mol. The average Bonchev–Trinajstić information content (AvgIpc) is 3.26. The minimum absolute atomic E-state index is 0.0724. The molecule has 0 saturated heterocycles. The van der Waals surface area contributed by atoms with Crippen molar-refractivity contribution in [3.63, 3.8) is 0 Å². The number of carbonyl (C=O) groups excluding carboxylic acids is 2. The van der Waals surface area contributed by atoms with Crippen molar-refractivity contribution in [2.75, 3.05) is 0 Å². The van der Waals surface area contributed by atoms with Gasteiger partial charge in [-0.15, -0.1) is 0 Å². The Hall–Kier alpha value is -4.65. The standard InChI is InChI=1S/C32H29NO6/c1-18-23(14-15-27(34)33-26(31(35)36)16-21-10-6-4-7-11-21)32(37)39-29-19(2)30-25(17-24(18)29)28(20(3)38-30)22-12-8-5-9-13-22/h4-13,17,26H,14-16H2,1-3H3,(H,33,34)(H,35,36)/p-1/t26-/m0/s1. The Labute approximate surface area is 225 Å². The lowest BCUT2D eigenvalue weighted by molar-refractivity contribution is -0.308. The van der Waals surface area contributed by atoms with Gasteiger partial charge in [0.1, 0.15) is 16.9 Å². The number of carbonyl (C=O) groups is 2. The number of furan rings is 1. The second-order valence-electron chi connectivity index (χ2n) is 9.78. The number of hydrogen-bond acceptors (Lipinski definition) is 6. The maximum atomic E-state index is 13.0. The summed E-state index contributed by atoms with van der Waals surface area (Å²) in [7, 11) is 0. The molecule has 7 heteroatoms. The van der Waals surface area contributed by atoms with E-state index in [1.807, 2.05) is 63.2 Å². The molecule has 39 heavy (non-hydrogen) atoms. The van der Waals surface area contributed by atoms with Gasteiger partial charge in [-0.05, 0) is 56.4 Å². The molecule has 5 aromatic rings. The van der Waals surface area contributed by atoms with E-state index in [1.165, 1.54) is 0 Å². The molecule has 0 aliphatic heterocycles. The quantitative estimate of drug-likeness (QED) is 0.300. The second kappa shape index (κ2) is 10.6. The van der Waals surface area contributed by atoms with Crippen LogP contribution in [0.25, 0.3) is 33.1 Å². The summed E-state index contributed by atoms with van der Waals surface area (Å²) in [6.45, 7) is 5.62. The van der Waals surface area contributed by atoms with Crippen LogP contribution in [0.2, 0.25) is 0 Å². The molecule has 0 bridgehead atoms. The number of hydrogen-bond donors (Lipinski definition) is 1. The minimum Gasteiger partial charge on any atom is -0.548 e. The molecule has 2 heterocycles. The number of aryl methyl sites for hydroxylation is 3. The van der Waals surface area contributed by atoms with E-state index in [0.29, 0.717) is 16.7 Å². The van der Waals surface area contributed by atoms with Gasteiger partial charge in [0.25, 0.3) is 0 Å². The van der Waals surface area contributed by atoms with Crippen LogP contribution in [0, 0.1) is 20.8 Å². The zero-order chi connectivity index (χ0) is 27.7. The summed E-state index contributed by atoms with van der Waals surface area (Å²) in [6, 6.07) is 19.8. The Morgan fingerprint density at radius 1 is 0.872 bits per heavy atom. The van der Waals surface area contributed by atoms with Crippen molar-refractivity contribution < 1.29 is 23.5 Å². The van der Waals surface area contributed by atoms with E-state index in [0.717, 1.165) is 44.3 Å². The third kappa shape index (κ3) is 5.08. The minimum atomic E-state index is -1.36. The number of amides is 1.